The summed E-state index contributed by atoms with van der Waals surface area (Å²) in [6.45, 7) is 4.38. The Bertz CT molecular complexity index is 264. The van der Waals surface area contributed by atoms with E-state index in [-0.39, 0.29) is 0 Å². The maximum atomic E-state index is 3.44. The van der Waals surface area contributed by atoms with Gasteiger partial charge in [-0.05, 0) is 37.6 Å². The third kappa shape index (κ3) is 2.95. The molecule has 2 heteroatoms. The summed E-state index contributed by atoms with van der Waals surface area (Å²) in [7, 11) is 4.11. The molecule has 0 bridgehead atoms. The molecular weight excluding hydrogens is 172 g/mol. The van der Waals surface area contributed by atoms with Crippen LogP contribution in [0.5, 0.6) is 0 Å². The molecule has 1 rings (SSSR count). The van der Waals surface area contributed by atoms with Crippen molar-refractivity contribution in [1.82, 2.24) is 0 Å². The van der Waals surface area contributed by atoms with Crippen molar-refractivity contribution in [3.8, 4) is 0 Å². The van der Waals surface area contributed by atoms with Gasteiger partial charge in [0.15, 0.2) is 0 Å². The fourth-order valence-electron chi connectivity index (χ4n) is 1.24. The van der Waals surface area contributed by atoms with E-state index in [0.29, 0.717) is 6.04 Å². The second-order valence-corrected chi connectivity index (χ2v) is 3.89. The highest BCUT2D eigenvalue weighted by molar-refractivity contribution is 5.54. The molecule has 1 atom stereocenters. The molecular formula is C12H20N2. The highest BCUT2D eigenvalue weighted by Crippen LogP contribution is 2.16. The molecule has 1 aromatic carbocycles. The molecule has 0 aliphatic heterocycles. The lowest BCUT2D eigenvalue weighted by Crippen LogP contribution is -2.13. The Morgan fingerprint density at radius 3 is 2.21 bits per heavy atom. The predicted octanol–water partition coefficient (Wildman–Crippen LogP) is 2.96. The Hall–Kier alpha value is -1.18. The Balaban J connectivity index is 2.64. The van der Waals surface area contributed by atoms with Crippen LogP contribution >= 0.6 is 0 Å². The van der Waals surface area contributed by atoms with Gasteiger partial charge >= 0.3 is 0 Å². The molecule has 0 aromatic heterocycles. The summed E-state index contributed by atoms with van der Waals surface area (Å²) in [6, 6.07) is 9.05. The van der Waals surface area contributed by atoms with Crippen LogP contribution < -0.4 is 10.2 Å². The zero-order valence-corrected chi connectivity index (χ0v) is 9.54. The third-order valence-electron chi connectivity index (χ3n) is 2.41. The lowest BCUT2D eigenvalue weighted by molar-refractivity contribution is 0.764. The first-order chi connectivity index (χ1) is 6.63. The lowest BCUT2D eigenvalue weighted by Gasteiger charge is -2.15. The van der Waals surface area contributed by atoms with Crippen LogP contribution in [-0.4, -0.2) is 20.1 Å². The Morgan fingerprint density at radius 1 is 1.21 bits per heavy atom. The lowest BCUT2D eigenvalue weighted by atomic mass is 10.2. The first kappa shape index (κ1) is 10.9. The summed E-state index contributed by atoms with van der Waals surface area (Å²) in [5.74, 6) is 0. The van der Waals surface area contributed by atoms with E-state index in [0.717, 1.165) is 6.42 Å². The minimum atomic E-state index is 0.542. The van der Waals surface area contributed by atoms with Crippen molar-refractivity contribution in [2.45, 2.75) is 26.3 Å². The minimum Gasteiger partial charge on any atom is -0.383 e. The molecule has 0 unspecified atom stereocenters. The molecule has 1 aromatic rings. The Kier molecular flexibility index (Phi) is 3.81. The Morgan fingerprint density at radius 2 is 1.79 bits per heavy atom. The van der Waals surface area contributed by atoms with Gasteiger partial charge in [0.1, 0.15) is 0 Å². The van der Waals surface area contributed by atoms with E-state index in [2.05, 4.69) is 62.4 Å². The van der Waals surface area contributed by atoms with Gasteiger partial charge in [-0.2, -0.15) is 0 Å². The molecule has 2 nitrogen and oxygen atoms in total. The normalized spacial score (nSPS) is 12.3. The van der Waals surface area contributed by atoms with E-state index in [1.54, 1.807) is 0 Å². The number of anilines is 2. The van der Waals surface area contributed by atoms with Crippen LogP contribution in [-0.2, 0) is 0 Å². The van der Waals surface area contributed by atoms with E-state index in [1.807, 2.05) is 0 Å². The van der Waals surface area contributed by atoms with Crippen molar-refractivity contribution in [2.75, 3.05) is 24.3 Å². The molecule has 14 heavy (non-hydrogen) atoms. The van der Waals surface area contributed by atoms with Crippen LogP contribution in [0.4, 0.5) is 11.4 Å². The average Bonchev–Trinajstić information content (AvgIpc) is 2.18. The predicted molar refractivity (Wildman–Crippen MR) is 64.1 cm³/mol. The molecule has 0 aliphatic carbocycles. The average molecular weight is 192 g/mol. The van der Waals surface area contributed by atoms with E-state index < -0.39 is 0 Å². The van der Waals surface area contributed by atoms with Crippen LogP contribution in [0.1, 0.15) is 20.3 Å². The molecule has 0 saturated heterocycles. The fraction of sp³-hybridized carbons (Fsp3) is 0.500. The van der Waals surface area contributed by atoms with Crippen molar-refractivity contribution < 1.29 is 0 Å². The molecule has 0 aliphatic rings. The number of hydrogen-bond donors (Lipinski definition) is 1. The number of benzene rings is 1. The van der Waals surface area contributed by atoms with Gasteiger partial charge in [-0.1, -0.05) is 6.92 Å². The smallest absolute Gasteiger partial charge is 0.0362 e. The highest BCUT2D eigenvalue weighted by atomic mass is 15.1. The van der Waals surface area contributed by atoms with E-state index >= 15 is 0 Å². The van der Waals surface area contributed by atoms with Crippen LogP contribution in [0.3, 0.4) is 0 Å². The summed E-state index contributed by atoms with van der Waals surface area (Å²) in [5.41, 5.74) is 2.43. The van der Waals surface area contributed by atoms with Gasteiger partial charge in [0, 0.05) is 31.5 Å². The summed E-state index contributed by atoms with van der Waals surface area (Å²) < 4.78 is 0. The van der Waals surface area contributed by atoms with Crippen molar-refractivity contribution >= 4 is 11.4 Å². The summed E-state index contributed by atoms with van der Waals surface area (Å²) >= 11 is 0. The molecule has 0 spiro atoms. The summed E-state index contributed by atoms with van der Waals surface area (Å²) in [5, 5.41) is 3.44. The highest BCUT2D eigenvalue weighted by Gasteiger charge is 1.99. The maximum absolute atomic E-state index is 3.44. The van der Waals surface area contributed by atoms with Gasteiger partial charge in [-0.3, -0.25) is 0 Å². The zero-order valence-electron chi connectivity index (χ0n) is 9.54. The van der Waals surface area contributed by atoms with Crippen molar-refractivity contribution in [3.63, 3.8) is 0 Å². The molecule has 0 amide bonds. The van der Waals surface area contributed by atoms with Gasteiger partial charge in [0.25, 0.3) is 0 Å². The van der Waals surface area contributed by atoms with Gasteiger partial charge in [0.05, 0.1) is 0 Å². The maximum Gasteiger partial charge on any atom is 0.0362 e. The first-order valence-electron chi connectivity index (χ1n) is 5.17. The Labute approximate surface area is 86.9 Å². The number of nitrogens with one attached hydrogen (secondary N) is 1. The second-order valence-electron chi connectivity index (χ2n) is 3.89. The number of rotatable bonds is 4. The molecule has 1 N–H and O–H groups in total. The van der Waals surface area contributed by atoms with Crippen LogP contribution in [0, 0.1) is 0 Å². The quantitative estimate of drug-likeness (QED) is 0.789. The van der Waals surface area contributed by atoms with Crippen LogP contribution in [0.2, 0.25) is 0 Å². The SMILES string of the molecule is CC[C@H](C)Nc1ccc(N(C)C)cc1. The van der Waals surface area contributed by atoms with Gasteiger partial charge in [-0.25, -0.2) is 0 Å². The van der Waals surface area contributed by atoms with Crippen LogP contribution in [0.25, 0.3) is 0 Å². The summed E-state index contributed by atoms with van der Waals surface area (Å²) in [6.07, 6.45) is 1.15. The zero-order chi connectivity index (χ0) is 10.6. The standard InChI is InChI=1S/C12H20N2/c1-5-10(2)13-11-6-8-12(9-7-11)14(3)4/h6-10,13H,5H2,1-4H3/t10-/m0/s1. The van der Waals surface area contributed by atoms with Crippen molar-refractivity contribution in [1.29, 1.82) is 0 Å². The van der Waals surface area contributed by atoms with Gasteiger partial charge in [0.2, 0.25) is 0 Å². The van der Waals surface area contributed by atoms with E-state index in [4.69, 9.17) is 0 Å². The second kappa shape index (κ2) is 4.89. The number of hydrogen-bond acceptors (Lipinski definition) is 2. The fourth-order valence-corrected chi connectivity index (χ4v) is 1.24. The molecule has 0 radical (unpaired) electrons. The largest absolute Gasteiger partial charge is 0.383 e. The topological polar surface area (TPSA) is 15.3 Å². The minimum absolute atomic E-state index is 0.542. The van der Waals surface area contributed by atoms with Gasteiger partial charge in [-0.15, -0.1) is 0 Å². The van der Waals surface area contributed by atoms with E-state index in [1.165, 1.54) is 11.4 Å². The van der Waals surface area contributed by atoms with Crippen molar-refractivity contribution in [2.24, 2.45) is 0 Å². The monoisotopic (exact) mass is 192 g/mol. The molecule has 0 fully saturated rings. The van der Waals surface area contributed by atoms with E-state index in [9.17, 15) is 0 Å². The number of nitrogens with zero attached hydrogens (tertiary/aromatic N) is 1. The van der Waals surface area contributed by atoms with Gasteiger partial charge < -0.3 is 10.2 Å². The van der Waals surface area contributed by atoms with Crippen molar-refractivity contribution in [3.05, 3.63) is 24.3 Å². The molecule has 0 saturated carbocycles. The summed E-state index contributed by atoms with van der Waals surface area (Å²) in [4.78, 5) is 2.10. The molecule has 0 heterocycles. The molecule has 78 valence electrons. The van der Waals surface area contributed by atoms with Crippen LogP contribution in [0.15, 0.2) is 24.3 Å². The third-order valence-corrected chi connectivity index (χ3v) is 2.41. The first-order valence-corrected chi connectivity index (χ1v) is 5.17.